The topological polar surface area (TPSA) is 247 Å². The summed E-state index contributed by atoms with van der Waals surface area (Å²) in [5.41, 5.74) is 5.83. The molecule has 1 saturated heterocycles. The molecule has 1 aliphatic heterocycles. The second-order valence-corrected chi connectivity index (χ2v) is 18.5. The molecule has 0 spiro atoms. The van der Waals surface area contributed by atoms with E-state index in [1.54, 1.807) is 34.8 Å². The van der Waals surface area contributed by atoms with Gasteiger partial charge in [0.2, 0.25) is 23.6 Å². The Morgan fingerprint density at radius 3 is 2.22 bits per heavy atom. The molecule has 67 heavy (non-hydrogen) atoms. The van der Waals surface area contributed by atoms with Crippen LogP contribution in [-0.4, -0.2) is 166 Å². The lowest BCUT2D eigenvalue weighted by atomic mass is 9.90. The van der Waals surface area contributed by atoms with Crippen molar-refractivity contribution in [2.24, 2.45) is 17.6 Å². The number of nitrogens with two attached hydrogens (primary N) is 1. The van der Waals surface area contributed by atoms with E-state index in [2.05, 4.69) is 34.7 Å². The van der Waals surface area contributed by atoms with Crippen molar-refractivity contribution in [2.45, 2.75) is 161 Å². The highest BCUT2D eigenvalue weighted by Crippen LogP contribution is 2.29. The van der Waals surface area contributed by atoms with Crippen LogP contribution < -0.4 is 21.7 Å². The number of aliphatic hydroxyl groups excluding tert-OH is 1. The van der Waals surface area contributed by atoms with Gasteiger partial charge in [-0.3, -0.25) is 24.0 Å². The first-order valence-corrected chi connectivity index (χ1v) is 23.6. The number of hydrogen-bond acceptors (Lipinski definition) is 15. The summed E-state index contributed by atoms with van der Waals surface area (Å²) in [5.74, 6) is -3.01. The summed E-state index contributed by atoms with van der Waals surface area (Å²) >= 11 is 0. The third kappa shape index (κ3) is 21.3. The molecule has 1 heterocycles. The number of nitrogens with zero attached hydrogens (tertiary/aromatic N) is 2. The van der Waals surface area contributed by atoms with Crippen LogP contribution in [0.1, 0.15) is 105 Å². The van der Waals surface area contributed by atoms with E-state index in [1.807, 2.05) is 49.3 Å². The van der Waals surface area contributed by atoms with Gasteiger partial charge < -0.3 is 65.0 Å². The normalized spacial score (nSPS) is 18.1. The van der Waals surface area contributed by atoms with Crippen LogP contribution in [-0.2, 0) is 63.6 Å². The first-order chi connectivity index (χ1) is 31.6. The van der Waals surface area contributed by atoms with E-state index in [0.29, 0.717) is 18.9 Å². The predicted molar refractivity (Wildman–Crippen MR) is 251 cm³/mol. The van der Waals surface area contributed by atoms with E-state index in [0.717, 1.165) is 18.4 Å². The van der Waals surface area contributed by atoms with Crippen molar-refractivity contribution in [1.29, 1.82) is 0 Å². The van der Waals surface area contributed by atoms with Gasteiger partial charge in [-0.05, 0) is 79.0 Å². The molecular weight excluding hydrogens is 869 g/mol. The summed E-state index contributed by atoms with van der Waals surface area (Å²) in [4.78, 5) is 82.9. The van der Waals surface area contributed by atoms with Gasteiger partial charge in [0, 0.05) is 52.6 Å². The molecule has 382 valence electrons. The molecule has 0 radical (unpaired) electrons. The predicted octanol–water partition coefficient (Wildman–Crippen LogP) is 2.44. The number of hydrogen-bond donors (Lipinski definition) is 5. The van der Waals surface area contributed by atoms with Crippen LogP contribution in [0.5, 0.6) is 0 Å². The van der Waals surface area contributed by atoms with Crippen LogP contribution in [0.25, 0.3) is 0 Å². The molecule has 0 aliphatic carbocycles. The Morgan fingerprint density at radius 2 is 1.63 bits per heavy atom. The van der Waals surface area contributed by atoms with Gasteiger partial charge in [-0.2, -0.15) is 0 Å². The quantitative estimate of drug-likeness (QED) is 0.0408. The molecule has 2 rings (SSSR count). The largest absolute Gasteiger partial charge is 0.464 e. The number of likely N-dealkylation sites (tertiary alicyclic amines) is 1. The van der Waals surface area contributed by atoms with Crippen molar-refractivity contribution in [3.8, 4) is 0 Å². The third-order valence-electron chi connectivity index (χ3n) is 11.7. The first kappa shape index (κ1) is 58.9. The number of aliphatic hydroxyl groups is 1. The summed E-state index contributed by atoms with van der Waals surface area (Å²) in [6.07, 6.45) is 0.0998. The zero-order chi connectivity index (χ0) is 50.3. The second-order valence-electron chi connectivity index (χ2n) is 18.5. The monoisotopic (exact) mass is 951 g/mol. The lowest BCUT2D eigenvalue weighted by Crippen LogP contribution is -2.54. The van der Waals surface area contributed by atoms with Gasteiger partial charge in [0.05, 0.1) is 49.4 Å². The molecule has 1 aromatic rings. The molecular formula is C48H82N6O13. The number of esters is 2. The minimum absolute atomic E-state index is 0.0423. The number of ether oxygens (including phenoxy) is 6. The fourth-order valence-electron chi connectivity index (χ4n) is 8.17. The number of carbonyl (C=O) groups is 6. The van der Waals surface area contributed by atoms with E-state index in [-0.39, 0.29) is 82.4 Å². The fraction of sp³-hybridized carbons (Fsp3) is 0.750. The molecule has 1 aromatic carbocycles. The Hall–Kier alpha value is -4.24. The summed E-state index contributed by atoms with van der Waals surface area (Å²) in [7, 11) is 7.17. The SMILES string of the molecule is CC[C@H](C)C([C@@H](CC(=O)N1CCC[C@H]1[C@H](OC)[C@@H](C)C(=O)N[C@@H](Cc1ccccc1)C(=O)NCCCOC(=O)[C@H](C)NC(=O)CCCC(=O)OCC(OC(N)CO)OC(C)(C)C)OC)N(C)C. The Bertz CT molecular complexity index is 1660. The van der Waals surface area contributed by atoms with Crippen LogP contribution in [0.4, 0.5) is 0 Å². The highest BCUT2D eigenvalue weighted by molar-refractivity contribution is 5.89. The maximum atomic E-state index is 14.0. The molecule has 1 aliphatic rings. The van der Waals surface area contributed by atoms with Crippen LogP contribution in [0.3, 0.4) is 0 Å². The molecule has 10 atom stereocenters. The zero-order valence-corrected chi connectivity index (χ0v) is 41.9. The fourth-order valence-corrected chi connectivity index (χ4v) is 8.17. The average Bonchev–Trinajstić information content (AvgIpc) is 3.76. The van der Waals surface area contributed by atoms with Crippen molar-refractivity contribution in [3.05, 3.63) is 35.9 Å². The van der Waals surface area contributed by atoms with Crippen LogP contribution in [0.15, 0.2) is 30.3 Å². The van der Waals surface area contributed by atoms with Gasteiger partial charge in [0.1, 0.15) is 24.9 Å². The van der Waals surface area contributed by atoms with Gasteiger partial charge in [-0.25, -0.2) is 4.79 Å². The van der Waals surface area contributed by atoms with Gasteiger partial charge >= 0.3 is 11.9 Å². The van der Waals surface area contributed by atoms with Crippen LogP contribution in [0, 0.1) is 11.8 Å². The number of methoxy groups -OCH3 is 2. The molecule has 0 aromatic heterocycles. The van der Waals surface area contributed by atoms with E-state index in [9.17, 15) is 33.9 Å². The Balaban J connectivity index is 1.91. The van der Waals surface area contributed by atoms with Crippen LogP contribution >= 0.6 is 0 Å². The Morgan fingerprint density at radius 1 is 0.940 bits per heavy atom. The summed E-state index contributed by atoms with van der Waals surface area (Å²) in [6, 6.07) is 7.10. The maximum Gasteiger partial charge on any atom is 0.328 e. The number of benzene rings is 1. The Labute approximate surface area is 398 Å². The van der Waals surface area contributed by atoms with Crippen molar-refractivity contribution in [3.63, 3.8) is 0 Å². The smallest absolute Gasteiger partial charge is 0.328 e. The van der Waals surface area contributed by atoms with E-state index >= 15 is 0 Å². The number of nitrogens with one attached hydrogen (secondary N) is 3. The number of rotatable bonds is 31. The summed E-state index contributed by atoms with van der Waals surface area (Å²) < 4.78 is 33.4. The number of likely N-dealkylation sites (N-methyl/N-ethyl adjacent to an activating group) is 1. The van der Waals surface area contributed by atoms with Gasteiger partial charge in [-0.1, -0.05) is 57.5 Å². The minimum Gasteiger partial charge on any atom is -0.464 e. The minimum atomic E-state index is -1.02. The second kappa shape index (κ2) is 30.3. The molecule has 3 unspecified atom stereocenters. The van der Waals surface area contributed by atoms with E-state index in [4.69, 9.17) is 34.2 Å². The van der Waals surface area contributed by atoms with Gasteiger partial charge in [0.15, 0.2) is 6.29 Å². The highest BCUT2D eigenvalue weighted by Gasteiger charge is 2.42. The lowest BCUT2D eigenvalue weighted by Gasteiger charge is -2.38. The molecule has 4 amide bonds. The van der Waals surface area contributed by atoms with Gasteiger partial charge in [-0.15, -0.1) is 0 Å². The number of carbonyl (C=O) groups excluding carboxylic acids is 6. The molecule has 19 nitrogen and oxygen atoms in total. The van der Waals surface area contributed by atoms with Gasteiger partial charge in [0.25, 0.3) is 0 Å². The maximum absolute atomic E-state index is 14.0. The van der Waals surface area contributed by atoms with Crippen LogP contribution in [0.2, 0.25) is 0 Å². The van der Waals surface area contributed by atoms with Crippen molar-refractivity contribution in [1.82, 2.24) is 25.8 Å². The first-order valence-electron chi connectivity index (χ1n) is 23.6. The highest BCUT2D eigenvalue weighted by atomic mass is 16.7. The Kier molecular flexibility index (Phi) is 26.6. The summed E-state index contributed by atoms with van der Waals surface area (Å²) in [6.45, 7) is 12.8. The number of amides is 4. The molecule has 6 N–H and O–H groups in total. The van der Waals surface area contributed by atoms with Crippen molar-refractivity contribution in [2.75, 3.05) is 61.2 Å². The van der Waals surface area contributed by atoms with E-state index < -0.39 is 78.5 Å². The molecule has 0 bridgehead atoms. The summed E-state index contributed by atoms with van der Waals surface area (Å²) in [5, 5.41) is 17.5. The lowest BCUT2D eigenvalue weighted by molar-refractivity contribution is -0.237. The molecule has 1 fully saturated rings. The standard InChI is InChI=1S/C48H82N6O13/c1-12-31(2)43(53(8)9)37(62-10)28-40(57)54-25-17-21-36(54)44(63-11)32(3)45(59)52-35(27-34-19-14-13-15-20-34)46(60)50-24-18-26-64-47(61)33(4)51-39(56)22-16-23-41(58)65-30-42(66-38(49)29-55)67-48(5,6)7/h13-15,19-20,31-33,35-38,42-44,55H,12,16-18,21-30,49H2,1-11H3,(H,50,60)(H,51,56)(H,52,59)/t31-,32+,33-,35-,36-,37+,38?,42?,43?,44+/m0/s1. The average molecular weight is 951 g/mol. The van der Waals surface area contributed by atoms with E-state index in [1.165, 1.54) is 14.0 Å². The zero-order valence-electron chi connectivity index (χ0n) is 41.9. The molecule has 19 heteroatoms. The third-order valence-corrected chi connectivity index (χ3v) is 11.7. The van der Waals surface area contributed by atoms with Crippen molar-refractivity contribution < 1.29 is 62.3 Å². The molecule has 0 saturated carbocycles. The van der Waals surface area contributed by atoms with Crippen molar-refractivity contribution >= 4 is 35.6 Å².